The lowest BCUT2D eigenvalue weighted by Gasteiger charge is -2.20. The Morgan fingerprint density at radius 1 is 1.26 bits per heavy atom. The van der Waals surface area contributed by atoms with Gasteiger partial charge in [0.05, 0.1) is 10.8 Å². The molecule has 0 atom stereocenters. The zero-order valence-electron chi connectivity index (χ0n) is 10.3. The van der Waals surface area contributed by atoms with Crippen LogP contribution in [0.2, 0.25) is 0 Å². The molecule has 1 aliphatic heterocycles. The van der Waals surface area contributed by atoms with Crippen LogP contribution >= 0.6 is 15.9 Å². The summed E-state index contributed by atoms with van der Waals surface area (Å²) >= 11 is 3.51. The fraction of sp³-hybridized carbons (Fsp3) is 0.308. The van der Waals surface area contributed by atoms with Gasteiger partial charge in [-0.1, -0.05) is 0 Å². The van der Waals surface area contributed by atoms with Gasteiger partial charge >= 0.3 is 0 Å². The van der Waals surface area contributed by atoms with Crippen molar-refractivity contribution in [2.75, 3.05) is 13.2 Å². The van der Waals surface area contributed by atoms with Gasteiger partial charge in [0, 0.05) is 25.0 Å². The zero-order valence-corrected chi connectivity index (χ0v) is 11.9. The third-order valence-corrected chi connectivity index (χ3v) is 3.45. The lowest BCUT2D eigenvalue weighted by molar-refractivity contribution is 0.170. The van der Waals surface area contributed by atoms with Crippen molar-refractivity contribution in [3.63, 3.8) is 0 Å². The molecule has 0 saturated heterocycles. The summed E-state index contributed by atoms with van der Waals surface area (Å²) in [6, 6.07) is 4.06. The van der Waals surface area contributed by atoms with Crippen molar-refractivity contribution in [2.24, 2.45) is 0 Å². The van der Waals surface area contributed by atoms with Crippen molar-refractivity contribution in [3.8, 4) is 11.5 Å². The minimum absolute atomic E-state index is 0.600. The Bertz CT molecular complexity index is 557. The average Bonchev–Trinajstić information content (AvgIpc) is 2.92. The molecule has 5 nitrogen and oxygen atoms in total. The fourth-order valence-electron chi connectivity index (χ4n) is 1.99. The van der Waals surface area contributed by atoms with E-state index in [4.69, 9.17) is 9.47 Å². The van der Waals surface area contributed by atoms with Crippen LogP contribution in [0.25, 0.3) is 0 Å². The van der Waals surface area contributed by atoms with E-state index in [1.807, 2.05) is 18.3 Å². The highest BCUT2D eigenvalue weighted by Crippen LogP contribution is 2.38. The number of nitrogens with one attached hydrogen (secondary N) is 2. The first-order chi connectivity index (χ1) is 9.33. The normalized spacial score (nSPS) is 13.5. The lowest BCUT2D eigenvalue weighted by Crippen LogP contribution is -2.17. The third-order valence-electron chi connectivity index (χ3n) is 2.86. The summed E-state index contributed by atoms with van der Waals surface area (Å²) < 4.78 is 12.1. The number of ether oxygens (including phenoxy) is 2. The highest BCUT2D eigenvalue weighted by molar-refractivity contribution is 9.10. The molecule has 19 heavy (non-hydrogen) atoms. The molecule has 0 amide bonds. The SMILES string of the molecule is Brc1cc(CNCc2cnc[nH]2)cc2c1OCCO2. The quantitative estimate of drug-likeness (QED) is 0.905. The zero-order chi connectivity index (χ0) is 13.1. The molecule has 2 aromatic rings. The number of hydrogen-bond acceptors (Lipinski definition) is 4. The van der Waals surface area contributed by atoms with E-state index in [1.54, 1.807) is 6.33 Å². The summed E-state index contributed by atoms with van der Waals surface area (Å²) in [4.78, 5) is 7.04. The molecule has 0 radical (unpaired) electrons. The molecule has 1 aromatic carbocycles. The van der Waals surface area contributed by atoms with Gasteiger partial charge in [0.1, 0.15) is 13.2 Å². The molecule has 100 valence electrons. The number of imidazole rings is 1. The van der Waals surface area contributed by atoms with Crippen LogP contribution < -0.4 is 14.8 Å². The summed E-state index contributed by atoms with van der Waals surface area (Å²) in [6.07, 6.45) is 3.49. The van der Waals surface area contributed by atoms with Gasteiger partial charge in [-0.05, 0) is 33.6 Å². The van der Waals surface area contributed by atoms with Crippen molar-refractivity contribution in [1.29, 1.82) is 0 Å². The molecule has 0 aliphatic carbocycles. The standard InChI is InChI=1S/C13H14BrN3O2/c14-11-3-9(4-12-13(11)19-2-1-18-12)5-15-6-10-7-16-8-17-10/h3-4,7-8,15H,1-2,5-6H2,(H,16,17). The highest BCUT2D eigenvalue weighted by atomic mass is 79.9. The number of fused-ring (bicyclic) bond motifs is 1. The molecule has 0 unspecified atom stereocenters. The number of aromatic amines is 1. The van der Waals surface area contributed by atoms with E-state index in [0.717, 1.165) is 40.3 Å². The van der Waals surface area contributed by atoms with E-state index >= 15 is 0 Å². The van der Waals surface area contributed by atoms with Crippen molar-refractivity contribution in [2.45, 2.75) is 13.1 Å². The Hall–Kier alpha value is -1.53. The number of halogens is 1. The third kappa shape index (κ3) is 2.90. The second-order valence-corrected chi connectivity index (χ2v) is 5.14. The van der Waals surface area contributed by atoms with Crippen LogP contribution in [-0.4, -0.2) is 23.2 Å². The van der Waals surface area contributed by atoms with E-state index < -0.39 is 0 Å². The summed E-state index contributed by atoms with van der Waals surface area (Å²) in [5.41, 5.74) is 2.22. The smallest absolute Gasteiger partial charge is 0.175 e. The maximum absolute atomic E-state index is 5.60. The first kappa shape index (κ1) is 12.5. The fourth-order valence-corrected chi connectivity index (χ4v) is 2.59. The highest BCUT2D eigenvalue weighted by Gasteiger charge is 2.16. The first-order valence-corrected chi connectivity index (χ1v) is 6.88. The number of nitrogens with zero attached hydrogens (tertiary/aromatic N) is 1. The topological polar surface area (TPSA) is 59.2 Å². The van der Waals surface area contributed by atoms with Gasteiger partial charge in [-0.3, -0.25) is 0 Å². The second-order valence-electron chi connectivity index (χ2n) is 4.28. The van der Waals surface area contributed by atoms with Crippen LogP contribution in [-0.2, 0) is 13.1 Å². The van der Waals surface area contributed by atoms with Gasteiger partial charge in [-0.2, -0.15) is 0 Å². The van der Waals surface area contributed by atoms with E-state index in [9.17, 15) is 0 Å². The number of benzene rings is 1. The molecule has 0 fully saturated rings. The molecule has 0 bridgehead atoms. The van der Waals surface area contributed by atoms with Crippen LogP contribution in [0.1, 0.15) is 11.3 Å². The average molecular weight is 324 g/mol. The Labute approximate surface area is 119 Å². The Morgan fingerprint density at radius 2 is 2.16 bits per heavy atom. The monoisotopic (exact) mass is 323 g/mol. The molecule has 1 aromatic heterocycles. The van der Waals surface area contributed by atoms with Crippen LogP contribution in [0.3, 0.4) is 0 Å². The van der Waals surface area contributed by atoms with Crippen LogP contribution in [0.4, 0.5) is 0 Å². The molecule has 2 heterocycles. The Kier molecular flexibility index (Phi) is 3.70. The first-order valence-electron chi connectivity index (χ1n) is 6.09. The van der Waals surface area contributed by atoms with Gasteiger partial charge in [-0.25, -0.2) is 4.98 Å². The molecular formula is C13H14BrN3O2. The summed E-state index contributed by atoms with van der Waals surface area (Å²) in [6.45, 7) is 2.72. The number of H-pyrrole nitrogens is 1. The predicted octanol–water partition coefficient (Wildman–Crippen LogP) is 2.23. The maximum atomic E-state index is 5.60. The number of hydrogen-bond donors (Lipinski definition) is 2. The second kappa shape index (κ2) is 5.63. The van der Waals surface area contributed by atoms with Crippen molar-refractivity contribution >= 4 is 15.9 Å². The largest absolute Gasteiger partial charge is 0.486 e. The van der Waals surface area contributed by atoms with Crippen LogP contribution in [0.15, 0.2) is 29.1 Å². The molecule has 2 N–H and O–H groups in total. The molecule has 6 heteroatoms. The minimum atomic E-state index is 0.600. The molecule has 0 saturated carbocycles. The van der Waals surface area contributed by atoms with Crippen LogP contribution in [0.5, 0.6) is 11.5 Å². The van der Waals surface area contributed by atoms with Gasteiger partial charge in [0.2, 0.25) is 0 Å². The summed E-state index contributed by atoms with van der Waals surface area (Å²) in [5.74, 6) is 1.60. The number of rotatable bonds is 4. The van der Waals surface area contributed by atoms with E-state index in [-0.39, 0.29) is 0 Å². The predicted molar refractivity (Wildman–Crippen MR) is 74.3 cm³/mol. The summed E-state index contributed by atoms with van der Waals surface area (Å²) in [7, 11) is 0. The Morgan fingerprint density at radius 3 is 3.00 bits per heavy atom. The lowest BCUT2D eigenvalue weighted by atomic mass is 10.2. The minimum Gasteiger partial charge on any atom is -0.486 e. The van der Waals surface area contributed by atoms with Gasteiger partial charge < -0.3 is 19.8 Å². The molecule has 1 aliphatic rings. The molecular weight excluding hydrogens is 310 g/mol. The van der Waals surface area contributed by atoms with Gasteiger partial charge in [0.25, 0.3) is 0 Å². The van der Waals surface area contributed by atoms with Crippen molar-refractivity contribution in [3.05, 3.63) is 40.4 Å². The van der Waals surface area contributed by atoms with Crippen LogP contribution in [0, 0.1) is 0 Å². The van der Waals surface area contributed by atoms with Crippen molar-refractivity contribution < 1.29 is 9.47 Å². The van der Waals surface area contributed by atoms with E-state index in [2.05, 4.69) is 31.2 Å². The molecule has 3 rings (SSSR count). The maximum Gasteiger partial charge on any atom is 0.175 e. The van der Waals surface area contributed by atoms with Gasteiger partial charge in [0.15, 0.2) is 11.5 Å². The van der Waals surface area contributed by atoms with Gasteiger partial charge in [-0.15, -0.1) is 0 Å². The summed E-state index contributed by atoms with van der Waals surface area (Å²) in [5, 5.41) is 3.35. The molecule has 0 spiro atoms. The Balaban J connectivity index is 1.66. The van der Waals surface area contributed by atoms with E-state index in [1.165, 1.54) is 0 Å². The van der Waals surface area contributed by atoms with E-state index in [0.29, 0.717) is 13.2 Å². The van der Waals surface area contributed by atoms with Crippen molar-refractivity contribution in [1.82, 2.24) is 15.3 Å². The number of aromatic nitrogens is 2.